The summed E-state index contributed by atoms with van der Waals surface area (Å²) in [6, 6.07) is -0.317. The molecule has 1 aliphatic carbocycles. The average molecular weight is 256 g/mol. The van der Waals surface area contributed by atoms with Crippen LogP contribution in [0.3, 0.4) is 0 Å². The van der Waals surface area contributed by atoms with E-state index in [4.69, 9.17) is 5.11 Å². The van der Waals surface area contributed by atoms with Crippen LogP contribution in [0.5, 0.6) is 0 Å². The molecular formula is C13H24N2O3. The van der Waals surface area contributed by atoms with Gasteiger partial charge >= 0.3 is 12.0 Å². The number of carboxylic acids is 1. The Hall–Kier alpha value is -1.26. The van der Waals surface area contributed by atoms with Crippen molar-refractivity contribution in [2.75, 3.05) is 13.6 Å². The highest BCUT2D eigenvalue weighted by molar-refractivity contribution is 5.85. The number of likely N-dealkylation sites (N-methyl/N-ethyl adjacent to an activating group) is 1. The van der Waals surface area contributed by atoms with Gasteiger partial charge in [-0.05, 0) is 38.5 Å². The molecule has 5 nitrogen and oxygen atoms in total. The average Bonchev–Trinajstić information content (AvgIpc) is 2.26. The van der Waals surface area contributed by atoms with Crippen LogP contribution in [0.15, 0.2) is 0 Å². The Morgan fingerprint density at radius 3 is 2.28 bits per heavy atom. The monoisotopic (exact) mass is 256 g/mol. The Labute approximate surface area is 109 Å². The molecule has 0 heterocycles. The largest absolute Gasteiger partial charge is 0.480 e. The van der Waals surface area contributed by atoms with Crippen molar-refractivity contribution >= 4 is 12.0 Å². The van der Waals surface area contributed by atoms with E-state index in [-0.39, 0.29) is 11.4 Å². The minimum Gasteiger partial charge on any atom is -0.480 e. The zero-order valence-electron chi connectivity index (χ0n) is 11.7. The molecule has 0 bridgehead atoms. The first kappa shape index (κ1) is 14.8. The SMILES string of the molecule is CCC1(CNC(=O)N(C)C(C)(C)C(=O)O)CCC1. The quantitative estimate of drug-likeness (QED) is 0.791. The number of carbonyl (C=O) groups excluding carboxylic acids is 1. The van der Waals surface area contributed by atoms with Crippen molar-refractivity contribution < 1.29 is 14.7 Å². The minimum absolute atomic E-state index is 0.240. The van der Waals surface area contributed by atoms with Gasteiger partial charge in [0.05, 0.1) is 0 Å². The Morgan fingerprint density at radius 1 is 1.39 bits per heavy atom. The number of urea groups is 1. The van der Waals surface area contributed by atoms with E-state index in [1.165, 1.54) is 32.2 Å². The van der Waals surface area contributed by atoms with Crippen molar-refractivity contribution in [1.82, 2.24) is 10.2 Å². The molecule has 0 unspecified atom stereocenters. The molecule has 104 valence electrons. The van der Waals surface area contributed by atoms with E-state index >= 15 is 0 Å². The number of carboxylic acid groups (broad SMARTS) is 1. The molecule has 1 saturated carbocycles. The van der Waals surface area contributed by atoms with E-state index < -0.39 is 11.5 Å². The summed E-state index contributed by atoms with van der Waals surface area (Å²) in [6.07, 6.45) is 4.57. The molecule has 1 fully saturated rings. The van der Waals surface area contributed by atoms with Crippen LogP contribution >= 0.6 is 0 Å². The second-order valence-electron chi connectivity index (χ2n) is 5.79. The Balaban J connectivity index is 2.53. The number of nitrogens with zero attached hydrogens (tertiary/aromatic N) is 1. The van der Waals surface area contributed by atoms with Crippen LogP contribution in [-0.4, -0.2) is 41.1 Å². The van der Waals surface area contributed by atoms with Gasteiger partial charge in [0.15, 0.2) is 0 Å². The smallest absolute Gasteiger partial charge is 0.329 e. The molecular weight excluding hydrogens is 232 g/mol. The standard InChI is InChI=1S/C13H24N2O3/c1-5-13(7-6-8-13)9-14-11(18)15(4)12(2,3)10(16)17/h5-9H2,1-4H3,(H,14,18)(H,16,17). The van der Waals surface area contributed by atoms with E-state index in [9.17, 15) is 9.59 Å². The summed E-state index contributed by atoms with van der Waals surface area (Å²) in [5.41, 5.74) is -0.951. The summed E-state index contributed by atoms with van der Waals surface area (Å²) in [5.74, 6) is -1.01. The number of amides is 2. The van der Waals surface area contributed by atoms with Gasteiger partial charge in [-0.2, -0.15) is 0 Å². The molecule has 2 amide bonds. The summed E-state index contributed by atoms with van der Waals surface area (Å²) < 4.78 is 0. The maximum Gasteiger partial charge on any atom is 0.329 e. The van der Waals surface area contributed by atoms with Crippen LogP contribution in [-0.2, 0) is 4.79 Å². The molecule has 0 aromatic carbocycles. The molecule has 0 aliphatic heterocycles. The van der Waals surface area contributed by atoms with E-state index in [0.29, 0.717) is 6.54 Å². The predicted molar refractivity (Wildman–Crippen MR) is 69.5 cm³/mol. The Kier molecular flexibility index (Phi) is 4.24. The summed E-state index contributed by atoms with van der Waals surface area (Å²) in [5, 5.41) is 11.9. The highest BCUT2D eigenvalue weighted by Crippen LogP contribution is 2.43. The molecule has 0 aromatic heterocycles. The molecule has 0 radical (unpaired) electrons. The van der Waals surface area contributed by atoms with Gasteiger partial charge in [0.2, 0.25) is 0 Å². The van der Waals surface area contributed by atoms with Gasteiger partial charge < -0.3 is 15.3 Å². The molecule has 0 aromatic rings. The Morgan fingerprint density at radius 2 is 1.94 bits per heavy atom. The number of nitrogens with one attached hydrogen (secondary N) is 1. The van der Waals surface area contributed by atoms with E-state index in [1.807, 2.05) is 0 Å². The summed E-state index contributed by atoms with van der Waals surface area (Å²) >= 11 is 0. The number of aliphatic carboxylic acids is 1. The van der Waals surface area contributed by atoms with Crippen molar-refractivity contribution in [3.63, 3.8) is 0 Å². The maximum atomic E-state index is 11.9. The van der Waals surface area contributed by atoms with Crippen LogP contribution in [0.25, 0.3) is 0 Å². The van der Waals surface area contributed by atoms with Crippen LogP contribution in [0.2, 0.25) is 0 Å². The third-order valence-electron chi connectivity index (χ3n) is 4.45. The van der Waals surface area contributed by atoms with Gasteiger partial charge in [-0.25, -0.2) is 9.59 Å². The second-order valence-corrected chi connectivity index (χ2v) is 5.79. The third-order valence-corrected chi connectivity index (χ3v) is 4.45. The first-order valence-electron chi connectivity index (χ1n) is 6.50. The van der Waals surface area contributed by atoms with Crippen LogP contribution in [0, 0.1) is 5.41 Å². The lowest BCUT2D eigenvalue weighted by molar-refractivity contribution is -0.146. The van der Waals surface area contributed by atoms with Crippen molar-refractivity contribution in [1.29, 1.82) is 0 Å². The van der Waals surface area contributed by atoms with E-state index in [0.717, 1.165) is 19.3 Å². The van der Waals surface area contributed by atoms with Crippen molar-refractivity contribution in [2.24, 2.45) is 5.41 Å². The molecule has 0 saturated heterocycles. The zero-order chi connectivity index (χ0) is 14.0. The molecule has 5 heteroatoms. The maximum absolute atomic E-state index is 11.9. The zero-order valence-corrected chi connectivity index (χ0v) is 11.7. The lowest BCUT2D eigenvalue weighted by Gasteiger charge is -2.42. The highest BCUT2D eigenvalue weighted by atomic mass is 16.4. The van der Waals surface area contributed by atoms with Crippen LogP contribution in [0.4, 0.5) is 4.79 Å². The first-order valence-corrected chi connectivity index (χ1v) is 6.50. The lowest BCUT2D eigenvalue weighted by atomic mass is 9.67. The van der Waals surface area contributed by atoms with Gasteiger partial charge in [-0.15, -0.1) is 0 Å². The third kappa shape index (κ3) is 2.76. The molecule has 1 rings (SSSR count). The summed E-state index contributed by atoms with van der Waals surface area (Å²) in [6.45, 7) is 5.82. The molecule has 0 spiro atoms. The first-order chi connectivity index (χ1) is 8.25. The van der Waals surface area contributed by atoms with Crippen LogP contribution in [0.1, 0.15) is 46.5 Å². The number of hydrogen-bond donors (Lipinski definition) is 2. The summed E-state index contributed by atoms with van der Waals surface area (Å²) in [4.78, 5) is 24.3. The number of carbonyl (C=O) groups is 2. The topological polar surface area (TPSA) is 69.6 Å². The molecule has 2 N–H and O–H groups in total. The normalized spacial score (nSPS) is 17.8. The number of hydrogen-bond acceptors (Lipinski definition) is 2. The number of rotatable bonds is 5. The molecule has 0 atom stereocenters. The fourth-order valence-corrected chi connectivity index (χ4v) is 2.11. The Bertz CT molecular complexity index is 330. The molecule has 18 heavy (non-hydrogen) atoms. The highest BCUT2D eigenvalue weighted by Gasteiger charge is 2.38. The fraction of sp³-hybridized carbons (Fsp3) is 0.846. The minimum atomic E-state index is -1.19. The van der Waals surface area contributed by atoms with Crippen molar-refractivity contribution in [3.05, 3.63) is 0 Å². The predicted octanol–water partition coefficient (Wildman–Crippen LogP) is 2.07. The fourth-order valence-electron chi connectivity index (χ4n) is 2.11. The van der Waals surface area contributed by atoms with Gasteiger partial charge in [-0.3, -0.25) is 0 Å². The summed E-state index contributed by atoms with van der Waals surface area (Å²) in [7, 11) is 1.52. The van der Waals surface area contributed by atoms with Crippen molar-refractivity contribution in [2.45, 2.75) is 52.0 Å². The molecule has 1 aliphatic rings. The van der Waals surface area contributed by atoms with E-state index in [2.05, 4.69) is 12.2 Å². The van der Waals surface area contributed by atoms with Crippen molar-refractivity contribution in [3.8, 4) is 0 Å². The van der Waals surface area contributed by atoms with Gasteiger partial charge in [-0.1, -0.05) is 13.3 Å². The van der Waals surface area contributed by atoms with E-state index in [1.54, 1.807) is 0 Å². The van der Waals surface area contributed by atoms with Gasteiger partial charge in [0.1, 0.15) is 5.54 Å². The van der Waals surface area contributed by atoms with Crippen LogP contribution < -0.4 is 5.32 Å². The lowest BCUT2D eigenvalue weighted by Crippen LogP contribution is -2.55. The van der Waals surface area contributed by atoms with Gasteiger partial charge in [0, 0.05) is 13.6 Å². The second kappa shape index (κ2) is 5.16. The van der Waals surface area contributed by atoms with Gasteiger partial charge in [0.25, 0.3) is 0 Å².